The van der Waals surface area contributed by atoms with Crippen molar-refractivity contribution < 1.29 is 26.8 Å². The highest BCUT2D eigenvalue weighted by Gasteiger charge is 2.23. The minimum Gasteiger partial charge on any atom is -0.422 e. The van der Waals surface area contributed by atoms with Gasteiger partial charge in [-0.15, -0.1) is 0 Å². The lowest BCUT2D eigenvalue weighted by atomic mass is 9.97. The van der Waals surface area contributed by atoms with E-state index >= 15 is 4.39 Å². The van der Waals surface area contributed by atoms with Crippen LogP contribution in [-0.4, -0.2) is 70.3 Å². The molecule has 0 spiro atoms. The molecule has 4 rings (SSSR count). The lowest BCUT2D eigenvalue weighted by molar-refractivity contribution is 0.170. The van der Waals surface area contributed by atoms with Crippen LogP contribution in [0, 0.1) is 5.82 Å². The summed E-state index contributed by atoms with van der Waals surface area (Å²) in [6, 6.07) is 7.26. The Balaban J connectivity index is 1.82. The minimum absolute atomic E-state index is 0.0270. The number of amides is 1. The van der Waals surface area contributed by atoms with Crippen LogP contribution in [0.5, 0.6) is 5.75 Å². The average molecular weight is 581 g/mol. The Kier molecular flexibility index (Phi) is 8.80. The number of fused-ring (bicyclic) bond motifs is 1. The van der Waals surface area contributed by atoms with E-state index in [2.05, 4.69) is 14.9 Å². The Morgan fingerprint density at radius 1 is 1.23 bits per heavy atom. The van der Waals surface area contributed by atoms with E-state index in [0.717, 1.165) is 31.1 Å². The fourth-order valence-electron chi connectivity index (χ4n) is 4.24. The number of carbonyl (C=O) groups is 1. The van der Waals surface area contributed by atoms with E-state index < -0.39 is 27.6 Å². The molecule has 0 unspecified atom stereocenters. The summed E-state index contributed by atoms with van der Waals surface area (Å²) in [6.07, 6.45) is -0.749. The molecule has 1 aliphatic rings. The zero-order valence-corrected chi connectivity index (χ0v) is 23.4. The molecule has 0 saturated carbocycles. The van der Waals surface area contributed by atoms with Gasteiger partial charge >= 0.3 is 11.7 Å². The molecule has 210 valence electrons. The lowest BCUT2D eigenvalue weighted by Gasteiger charge is -2.28. The van der Waals surface area contributed by atoms with Gasteiger partial charge in [0.25, 0.3) is 0 Å². The second-order valence-electron chi connectivity index (χ2n) is 9.37. The van der Waals surface area contributed by atoms with Gasteiger partial charge in [0.05, 0.1) is 16.5 Å². The van der Waals surface area contributed by atoms with Gasteiger partial charge in [0.1, 0.15) is 5.58 Å². The van der Waals surface area contributed by atoms with Crippen LogP contribution in [0.3, 0.4) is 0 Å². The molecule has 13 heteroatoms. The van der Waals surface area contributed by atoms with Gasteiger partial charge < -0.3 is 19.4 Å². The maximum atomic E-state index is 15.1. The molecule has 1 amide bonds. The summed E-state index contributed by atoms with van der Waals surface area (Å²) >= 11 is 6.57. The summed E-state index contributed by atoms with van der Waals surface area (Å²) in [5, 5.41) is 3.79. The molecule has 2 heterocycles. The fourth-order valence-corrected chi connectivity index (χ4v) is 5.19. The van der Waals surface area contributed by atoms with Crippen molar-refractivity contribution in [1.82, 2.24) is 15.1 Å². The number of rotatable bonds is 8. The first kappa shape index (κ1) is 28.8. The fraction of sp³-hybridized carbons (Fsp3) is 0.385. The maximum absolute atomic E-state index is 15.1. The monoisotopic (exact) mass is 580 g/mol. The van der Waals surface area contributed by atoms with Crippen LogP contribution in [0.25, 0.3) is 11.0 Å². The molecule has 39 heavy (non-hydrogen) atoms. The Morgan fingerprint density at radius 2 is 1.95 bits per heavy atom. The Hall–Kier alpha value is -3.19. The minimum atomic E-state index is -3.58. The van der Waals surface area contributed by atoms with Gasteiger partial charge in [-0.3, -0.25) is 9.62 Å². The lowest BCUT2D eigenvalue weighted by Crippen LogP contribution is -2.43. The van der Waals surface area contributed by atoms with Crippen LogP contribution in [0.4, 0.5) is 14.9 Å². The molecule has 1 aromatic heterocycles. The highest BCUT2D eigenvalue weighted by atomic mass is 35.5. The maximum Gasteiger partial charge on any atom is 0.414 e. The van der Waals surface area contributed by atoms with Crippen molar-refractivity contribution in [2.24, 2.45) is 0 Å². The second kappa shape index (κ2) is 11.9. The number of ether oxygens (including phenoxy) is 1. The Labute approximate surface area is 230 Å². The molecular weight excluding hydrogens is 551 g/mol. The molecule has 2 N–H and O–H groups in total. The Morgan fingerprint density at radius 3 is 2.62 bits per heavy atom. The molecule has 1 fully saturated rings. The highest BCUT2D eigenvalue weighted by Crippen LogP contribution is 2.32. The normalized spacial score (nSPS) is 14.4. The van der Waals surface area contributed by atoms with Crippen molar-refractivity contribution in [1.29, 1.82) is 0 Å². The number of hydrogen-bond donors (Lipinski definition) is 2. The standard InChI is InChI=1S/C26H30ClFN4O6S/c1-4-39(35,36)30-21-7-5-6-16(24(21)27)12-18-19(15-32-10-8-29-9-11-32)17-13-20(28)23(38-26(34)31(2)3)14-22(17)37-25(18)33/h5-7,13-14,29-30H,4,8-12,15H2,1-3H3. The number of piperazine rings is 1. The predicted molar refractivity (Wildman–Crippen MR) is 148 cm³/mol. The van der Waals surface area contributed by atoms with Gasteiger partial charge in [0.15, 0.2) is 11.6 Å². The number of halogens is 2. The molecule has 1 saturated heterocycles. The predicted octanol–water partition coefficient (Wildman–Crippen LogP) is 3.40. The van der Waals surface area contributed by atoms with E-state index in [0.29, 0.717) is 23.1 Å². The van der Waals surface area contributed by atoms with Crippen molar-refractivity contribution in [3.63, 3.8) is 0 Å². The molecule has 1 aliphatic heterocycles. The van der Waals surface area contributed by atoms with Gasteiger partial charge in [-0.25, -0.2) is 22.4 Å². The summed E-state index contributed by atoms with van der Waals surface area (Å²) in [6.45, 7) is 4.82. The molecule has 0 atom stereocenters. The van der Waals surface area contributed by atoms with E-state index in [-0.39, 0.29) is 39.8 Å². The second-order valence-corrected chi connectivity index (χ2v) is 11.8. The molecule has 0 bridgehead atoms. The largest absolute Gasteiger partial charge is 0.422 e. The molecule has 2 aromatic carbocycles. The number of benzene rings is 2. The number of anilines is 1. The third-order valence-electron chi connectivity index (χ3n) is 6.42. The van der Waals surface area contributed by atoms with Gasteiger partial charge in [0, 0.05) is 70.3 Å². The van der Waals surface area contributed by atoms with Gasteiger partial charge in [-0.2, -0.15) is 0 Å². The smallest absolute Gasteiger partial charge is 0.414 e. The zero-order chi connectivity index (χ0) is 28.3. The zero-order valence-electron chi connectivity index (χ0n) is 21.8. The van der Waals surface area contributed by atoms with Crippen molar-refractivity contribution >= 4 is 44.4 Å². The van der Waals surface area contributed by atoms with Gasteiger partial charge in [-0.1, -0.05) is 23.7 Å². The molecule has 10 nitrogen and oxygen atoms in total. The van der Waals surface area contributed by atoms with E-state index in [1.165, 1.54) is 39.2 Å². The molecular formula is C26H30ClFN4O6S. The average Bonchev–Trinajstić information content (AvgIpc) is 2.89. The third kappa shape index (κ3) is 6.70. The van der Waals surface area contributed by atoms with Crippen LogP contribution in [0.15, 0.2) is 39.5 Å². The first-order valence-electron chi connectivity index (χ1n) is 12.4. The van der Waals surface area contributed by atoms with Crippen LogP contribution in [0.1, 0.15) is 23.6 Å². The summed E-state index contributed by atoms with van der Waals surface area (Å²) in [4.78, 5) is 28.6. The summed E-state index contributed by atoms with van der Waals surface area (Å²) < 4.78 is 52.5. The van der Waals surface area contributed by atoms with E-state index in [9.17, 15) is 18.0 Å². The van der Waals surface area contributed by atoms with Crippen molar-refractivity contribution in [2.75, 3.05) is 50.7 Å². The summed E-state index contributed by atoms with van der Waals surface area (Å²) in [5.74, 6) is -1.27. The quantitative estimate of drug-likeness (QED) is 0.389. The third-order valence-corrected chi connectivity index (χ3v) is 8.16. The SMILES string of the molecule is CCS(=O)(=O)Nc1cccc(Cc2c(CN3CCNCC3)c3cc(F)c(OC(=O)N(C)C)cc3oc2=O)c1Cl. The molecule has 0 aliphatic carbocycles. The first-order chi connectivity index (χ1) is 18.5. The van der Waals surface area contributed by atoms with E-state index in [1.54, 1.807) is 12.1 Å². The Bertz CT molecular complexity index is 1550. The van der Waals surface area contributed by atoms with Crippen molar-refractivity contribution in [2.45, 2.75) is 19.9 Å². The van der Waals surface area contributed by atoms with Crippen LogP contribution in [0.2, 0.25) is 5.02 Å². The van der Waals surface area contributed by atoms with Gasteiger partial charge in [0.2, 0.25) is 10.0 Å². The highest BCUT2D eigenvalue weighted by molar-refractivity contribution is 7.92. The topological polar surface area (TPSA) is 121 Å². The summed E-state index contributed by atoms with van der Waals surface area (Å²) in [7, 11) is -0.650. The van der Waals surface area contributed by atoms with Crippen LogP contribution >= 0.6 is 11.6 Å². The number of carbonyl (C=O) groups excluding carboxylic acids is 1. The summed E-state index contributed by atoms with van der Waals surface area (Å²) in [5.41, 5.74) is 0.951. The van der Waals surface area contributed by atoms with E-state index in [1.807, 2.05) is 0 Å². The van der Waals surface area contributed by atoms with Crippen LogP contribution < -0.4 is 20.4 Å². The first-order valence-corrected chi connectivity index (χ1v) is 14.4. The van der Waals surface area contributed by atoms with Crippen molar-refractivity contribution in [3.05, 3.63) is 68.3 Å². The molecule has 3 aromatic rings. The number of sulfonamides is 1. The van der Waals surface area contributed by atoms with Crippen LogP contribution in [-0.2, 0) is 23.0 Å². The van der Waals surface area contributed by atoms with Gasteiger partial charge in [-0.05, 0) is 30.2 Å². The molecule has 0 radical (unpaired) electrons. The van der Waals surface area contributed by atoms with Crippen molar-refractivity contribution in [3.8, 4) is 5.75 Å². The number of hydrogen-bond acceptors (Lipinski definition) is 8. The number of nitrogens with zero attached hydrogens (tertiary/aromatic N) is 2. The number of nitrogens with one attached hydrogen (secondary N) is 2. The van der Waals surface area contributed by atoms with E-state index in [4.69, 9.17) is 20.8 Å².